The van der Waals surface area contributed by atoms with Gasteiger partial charge < -0.3 is 9.84 Å². The van der Waals surface area contributed by atoms with Crippen molar-refractivity contribution in [3.8, 4) is 11.1 Å². The Morgan fingerprint density at radius 2 is 2.17 bits per heavy atom. The van der Waals surface area contributed by atoms with Crippen LogP contribution in [0.2, 0.25) is 5.02 Å². The van der Waals surface area contributed by atoms with Crippen LogP contribution >= 0.6 is 11.6 Å². The molecule has 2 heterocycles. The topological polar surface area (TPSA) is 55.1 Å². The lowest BCUT2D eigenvalue weighted by molar-refractivity contribution is 0.0936. The summed E-state index contributed by atoms with van der Waals surface area (Å²) in [6, 6.07) is 5.05. The fourth-order valence-electron chi connectivity index (χ4n) is 2.27. The van der Waals surface area contributed by atoms with Crippen molar-refractivity contribution in [3.63, 3.8) is 0 Å². The number of benzene rings is 1. The van der Waals surface area contributed by atoms with Crippen LogP contribution in [-0.2, 0) is 0 Å². The van der Waals surface area contributed by atoms with Gasteiger partial charge in [0.1, 0.15) is 0 Å². The Morgan fingerprint density at radius 1 is 1.39 bits per heavy atom. The molecule has 5 heteroatoms. The highest BCUT2D eigenvalue weighted by molar-refractivity contribution is 6.31. The molecule has 1 aliphatic heterocycles. The van der Waals surface area contributed by atoms with E-state index in [0.717, 1.165) is 16.8 Å². The van der Waals surface area contributed by atoms with E-state index in [2.05, 4.69) is 10.5 Å². The molecule has 0 bridgehead atoms. The number of halogens is 1. The first kappa shape index (κ1) is 11.3. The third kappa shape index (κ3) is 1.53. The lowest BCUT2D eigenvalue weighted by atomic mass is 9.98. The van der Waals surface area contributed by atoms with Gasteiger partial charge >= 0.3 is 0 Å². The molecular weight excluding hydrogens is 252 g/mol. The van der Waals surface area contributed by atoms with Gasteiger partial charge in [-0.1, -0.05) is 22.8 Å². The number of amides is 1. The number of nitrogens with zero attached hydrogens (tertiary/aromatic N) is 1. The van der Waals surface area contributed by atoms with Crippen LogP contribution < -0.4 is 5.32 Å². The summed E-state index contributed by atoms with van der Waals surface area (Å²) in [6.45, 7) is 3.73. The Kier molecular flexibility index (Phi) is 2.41. The van der Waals surface area contributed by atoms with Crippen LogP contribution in [0.1, 0.15) is 34.8 Å². The van der Waals surface area contributed by atoms with Crippen molar-refractivity contribution in [1.82, 2.24) is 10.5 Å². The number of hydrogen-bond donors (Lipinski definition) is 1. The largest absolute Gasteiger partial charge is 0.358 e. The van der Waals surface area contributed by atoms with E-state index in [4.69, 9.17) is 16.1 Å². The van der Waals surface area contributed by atoms with Crippen molar-refractivity contribution >= 4 is 17.5 Å². The van der Waals surface area contributed by atoms with Crippen molar-refractivity contribution in [2.45, 2.75) is 19.9 Å². The number of aromatic nitrogens is 1. The molecule has 4 nitrogen and oxygen atoms in total. The fourth-order valence-corrected chi connectivity index (χ4v) is 2.44. The van der Waals surface area contributed by atoms with Gasteiger partial charge in [0, 0.05) is 16.1 Å². The number of carbonyl (C=O) groups is 1. The van der Waals surface area contributed by atoms with Crippen LogP contribution in [0.25, 0.3) is 11.1 Å². The second-order valence-corrected chi connectivity index (χ2v) is 4.83. The molecule has 1 N–H and O–H groups in total. The van der Waals surface area contributed by atoms with Gasteiger partial charge in [0.05, 0.1) is 17.3 Å². The first-order chi connectivity index (χ1) is 8.58. The molecule has 0 saturated heterocycles. The summed E-state index contributed by atoms with van der Waals surface area (Å²) in [5, 5.41) is 7.38. The fraction of sp³-hybridized carbons (Fsp3) is 0.231. The molecule has 1 aliphatic rings. The molecule has 0 radical (unpaired) electrons. The molecule has 18 heavy (non-hydrogen) atoms. The molecule has 1 amide bonds. The molecule has 2 aromatic rings. The van der Waals surface area contributed by atoms with Gasteiger partial charge in [-0.05, 0) is 26.0 Å². The maximum atomic E-state index is 12.1. The predicted octanol–water partition coefficient (Wildman–Crippen LogP) is 3.11. The number of fused-ring (bicyclic) bond motifs is 3. The van der Waals surface area contributed by atoms with Crippen molar-refractivity contribution in [2.75, 3.05) is 0 Å². The van der Waals surface area contributed by atoms with Gasteiger partial charge in [-0.15, -0.1) is 0 Å². The molecule has 0 aliphatic carbocycles. The van der Waals surface area contributed by atoms with Crippen LogP contribution in [0.3, 0.4) is 0 Å². The van der Waals surface area contributed by atoms with E-state index in [1.54, 1.807) is 12.1 Å². The Bertz CT molecular complexity index is 648. The number of rotatable bonds is 0. The minimum atomic E-state index is -0.208. The van der Waals surface area contributed by atoms with Gasteiger partial charge in [-0.25, -0.2) is 0 Å². The van der Waals surface area contributed by atoms with Crippen molar-refractivity contribution in [1.29, 1.82) is 0 Å². The second-order valence-electron chi connectivity index (χ2n) is 4.39. The number of nitrogens with one attached hydrogen (secondary N) is 1. The zero-order valence-corrected chi connectivity index (χ0v) is 10.7. The van der Waals surface area contributed by atoms with Gasteiger partial charge in [0.15, 0.2) is 5.76 Å². The first-order valence-corrected chi connectivity index (χ1v) is 6.02. The molecule has 0 unspecified atom stereocenters. The van der Waals surface area contributed by atoms with Crippen molar-refractivity contribution in [2.24, 2.45) is 0 Å². The summed E-state index contributed by atoms with van der Waals surface area (Å²) in [5.74, 6) is 0.535. The van der Waals surface area contributed by atoms with E-state index >= 15 is 0 Å². The monoisotopic (exact) mass is 262 g/mol. The maximum Gasteiger partial charge on any atom is 0.252 e. The molecule has 1 aromatic carbocycles. The van der Waals surface area contributed by atoms with Gasteiger partial charge in [0.25, 0.3) is 5.91 Å². The standard InChI is InChI=1S/C13H11ClN2O2/c1-6-11-9-4-3-8(14)5-10(9)13(17)15-7(2)12(11)18-16-6/h3-5,7H,1-2H3,(H,15,17)/t7-/m0/s1. The third-order valence-corrected chi connectivity index (χ3v) is 3.36. The van der Waals surface area contributed by atoms with Crippen LogP contribution in [0, 0.1) is 6.92 Å². The zero-order chi connectivity index (χ0) is 12.9. The maximum absolute atomic E-state index is 12.1. The summed E-state index contributed by atoms with van der Waals surface area (Å²) >= 11 is 5.95. The first-order valence-electron chi connectivity index (χ1n) is 5.65. The molecule has 0 saturated carbocycles. The van der Waals surface area contributed by atoms with Crippen LogP contribution in [0.5, 0.6) is 0 Å². The summed E-state index contributed by atoms with van der Waals surface area (Å²) < 4.78 is 5.32. The Labute approximate surface area is 109 Å². The molecular formula is C13H11ClN2O2. The van der Waals surface area contributed by atoms with Crippen molar-refractivity contribution < 1.29 is 9.32 Å². The smallest absolute Gasteiger partial charge is 0.252 e. The summed E-state index contributed by atoms with van der Waals surface area (Å²) in [6.07, 6.45) is 0. The Morgan fingerprint density at radius 3 is 2.94 bits per heavy atom. The van der Waals surface area contributed by atoms with Gasteiger partial charge in [-0.2, -0.15) is 0 Å². The SMILES string of the molecule is Cc1noc2c1-c1ccc(Cl)cc1C(=O)N[C@H]2C. The van der Waals surface area contributed by atoms with Crippen LogP contribution in [0.4, 0.5) is 0 Å². The summed E-state index contributed by atoms with van der Waals surface area (Å²) in [5.41, 5.74) is 3.03. The number of hydrogen-bond acceptors (Lipinski definition) is 3. The molecule has 1 aromatic heterocycles. The lowest BCUT2D eigenvalue weighted by Crippen LogP contribution is -2.25. The van der Waals surface area contributed by atoms with E-state index in [1.165, 1.54) is 0 Å². The van der Waals surface area contributed by atoms with E-state index in [9.17, 15) is 4.79 Å². The quantitative estimate of drug-likeness (QED) is 0.794. The van der Waals surface area contributed by atoms with Gasteiger partial charge in [-0.3, -0.25) is 4.79 Å². The molecule has 1 atom stereocenters. The lowest BCUT2D eigenvalue weighted by Gasteiger charge is -2.07. The number of aryl methyl sites for hydroxylation is 1. The predicted molar refractivity (Wildman–Crippen MR) is 67.6 cm³/mol. The minimum absolute atomic E-state index is 0.147. The normalized spacial score (nSPS) is 17.7. The summed E-state index contributed by atoms with van der Waals surface area (Å²) in [4.78, 5) is 12.1. The van der Waals surface area contributed by atoms with Crippen LogP contribution in [0.15, 0.2) is 22.7 Å². The van der Waals surface area contributed by atoms with E-state index < -0.39 is 0 Å². The van der Waals surface area contributed by atoms with Crippen molar-refractivity contribution in [3.05, 3.63) is 40.2 Å². The summed E-state index contributed by atoms with van der Waals surface area (Å²) in [7, 11) is 0. The number of carbonyl (C=O) groups excluding carboxylic acids is 1. The average Bonchev–Trinajstić information content (AvgIpc) is 2.66. The van der Waals surface area contributed by atoms with E-state index in [1.807, 2.05) is 19.9 Å². The highest BCUT2D eigenvalue weighted by Crippen LogP contribution is 2.37. The molecule has 0 spiro atoms. The highest BCUT2D eigenvalue weighted by Gasteiger charge is 2.29. The Hall–Kier alpha value is -1.81. The Balaban J connectivity index is 2.35. The third-order valence-electron chi connectivity index (χ3n) is 3.13. The highest BCUT2D eigenvalue weighted by atomic mass is 35.5. The second kappa shape index (κ2) is 3.85. The van der Waals surface area contributed by atoms with E-state index in [-0.39, 0.29) is 11.9 Å². The zero-order valence-electron chi connectivity index (χ0n) is 9.95. The molecule has 3 rings (SSSR count). The molecule has 92 valence electrons. The van der Waals surface area contributed by atoms with Gasteiger partial charge in [0.2, 0.25) is 0 Å². The van der Waals surface area contributed by atoms with E-state index in [0.29, 0.717) is 16.3 Å². The average molecular weight is 263 g/mol. The van der Waals surface area contributed by atoms with Crippen LogP contribution in [-0.4, -0.2) is 11.1 Å². The molecule has 0 fully saturated rings. The minimum Gasteiger partial charge on any atom is -0.358 e.